The smallest absolute Gasteiger partial charge is 0.246 e. The first kappa shape index (κ1) is 21.8. The summed E-state index contributed by atoms with van der Waals surface area (Å²) in [6, 6.07) is 4.58. The molecular weight excluding hydrogens is 435 g/mol. The maximum atomic E-state index is 12.9. The molecule has 0 radical (unpaired) electrons. The van der Waals surface area contributed by atoms with E-state index in [2.05, 4.69) is 5.10 Å². The average Bonchev–Trinajstić information content (AvgIpc) is 2.91. The summed E-state index contributed by atoms with van der Waals surface area (Å²) in [5.74, 6) is -0.166. The summed E-state index contributed by atoms with van der Waals surface area (Å²) in [5, 5.41) is 4.50. The fraction of sp³-hybridized carbons (Fsp3) is 0.368. The molecule has 0 bridgehead atoms. The van der Waals surface area contributed by atoms with Gasteiger partial charge in [0.05, 0.1) is 15.7 Å². The lowest BCUT2D eigenvalue weighted by Gasteiger charge is -2.33. The van der Waals surface area contributed by atoms with Gasteiger partial charge in [0.2, 0.25) is 15.9 Å². The number of aryl methyl sites for hydroxylation is 2. The Morgan fingerprint density at radius 3 is 2.21 bits per heavy atom. The van der Waals surface area contributed by atoms with Crippen LogP contribution in [0.1, 0.15) is 17.0 Å². The highest BCUT2D eigenvalue weighted by Crippen LogP contribution is 2.31. The van der Waals surface area contributed by atoms with E-state index in [4.69, 9.17) is 23.2 Å². The number of rotatable bonds is 4. The second kappa shape index (κ2) is 8.47. The van der Waals surface area contributed by atoms with Gasteiger partial charge in [0.25, 0.3) is 0 Å². The molecule has 0 N–H and O–H groups in total. The SMILES string of the molecule is Cc1nn(C)c(C)c1C=CC(=O)N1CCN(S(=O)(=O)c2c(Cl)cccc2Cl)CC1. The summed E-state index contributed by atoms with van der Waals surface area (Å²) in [6.45, 7) is 4.75. The van der Waals surface area contributed by atoms with Crippen LogP contribution in [0.15, 0.2) is 29.2 Å². The number of carbonyl (C=O) groups excluding carboxylic acids is 1. The number of sulfonamides is 1. The molecule has 10 heteroatoms. The lowest BCUT2D eigenvalue weighted by Crippen LogP contribution is -2.50. The molecule has 0 aliphatic carbocycles. The Kier molecular flexibility index (Phi) is 6.38. The Labute approximate surface area is 180 Å². The molecule has 2 aromatic rings. The minimum absolute atomic E-state index is 0.0844. The Morgan fingerprint density at radius 2 is 1.69 bits per heavy atom. The van der Waals surface area contributed by atoms with Gasteiger partial charge in [-0.15, -0.1) is 0 Å². The van der Waals surface area contributed by atoms with Crippen molar-refractivity contribution in [3.05, 3.63) is 51.3 Å². The highest BCUT2D eigenvalue weighted by Gasteiger charge is 2.32. The van der Waals surface area contributed by atoms with Gasteiger partial charge in [-0.3, -0.25) is 9.48 Å². The molecule has 156 valence electrons. The molecule has 0 saturated carbocycles. The van der Waals surface area contributed by atoms with Gasteiger partial charge < -0.3 is 4.90 Å². The molecule has 1 aromatic carbocycles. The second-order valence-corrected chi connectivity index (χ2v) is 9.51. The molecule has 0 atom stereocenters. The number of nitrogens with zero attached hydrogens (tertiary/aromatic N) is 4. The minimum Gasteiger partial charge on any atom is -0.337 e. The van der Waals surface area contributed by atoms with E-state index in [9.17, 15) is 13.2 Å². The van der Waals surface area contributed by atoms with E-state index < -0.39 is 10.0 Å². The first-order valence-corrected chi connectivity index (χ1v) is 11.2. The van der Waals surface area contributed by atoms with Gasteiger partial charge in [-0.25, -0.2) is 8.42 Å². The predicted octanol–water partition coefficient (Wildman–Crippen LogP) is 2.89. The van der Waals surface area contributed by atoms with Gasteiger partial charge in [-0.1, -0.05) is 29.3 Å². The highest BCUT2D eigenvalue weighted by atomic mass is 35.5. The Morgan fingerprint density at radius 1 is 1.10 bits per heavy atom. The molecule has 1 aliphatic rings. The van der Waals surface area contributed by atoms with Crippen LogP contribution in [0.3, 0.4) is 0 Å². The Balaban J connectivity index is 1.69. The zero-order valence-corrected chi connectivity index (χ0v) is 18.7. The number of aromatic nitrogens is 2. The standard InChI is InChI=1S/C19H22Cl2N4O3S/c1-13-15(14(2)23(3)22-13)7-8-18(26)24-9-11-25(12-10-24)29(27,28)19-16(20)5-4-6-17(19)21/h4-8H,9-12H2,1-3H3. The van der Waals surface area contributed by atoms with Crippen molar-refractivity contribution in [2.45, 2.75) is 18.7 Å². The number of halogens is 2. The van der Waals surface area contributed by atoms with Crippen LogP contribution in [0.25, 0.3) is 6.08 Å². The van der Waals surface area contributed by atoms with Gasteiger partial charge in [0.1, 0.15) is 4.90 Å². The molecule has 1 saturated heterocycles. The summed E-state index contributed by atoms with van der Waals surface area (Å²) >= 11 is 12.1. The lowest BCUT2D eigenvalue weighted by atomic mass is 10.2. The quantitative estimate of drug-likeness (QED) is 0.662. The van der Waals surface area contributed by atoms with Gasteiger partial charge in [-0.05, 0) is 32.1 Å². The van der Waals surface area contributed by atoms with Crippen LogP contribution in [-0.4, -0.2) is 59.5 Å². The zero-order valence-electron chi connectivity index (χ0n) is 16.4. The molecule has 7 nitrogen and oxygen atoms in total. The van der Waals surface area contributed by atoms with Crippen molar-refractivity contribution in [3.8, 4) is 0 Å². The average molecular weight is 457 g/mol. The molecule has 1 amide bonds. The van der Waals surface area contributed by atoms with Crippen LogP contribution in [0, 0.1) is 13.8 Å². The summed E-state index contributed by atoms with van der Waals surface area (Å²) in [6.07, 6.45) is 3.26. The molecule has 29 heavy (non-hydrogen) atoms. The highest BCUT2D eigenvalue weighted by molar-refractivity contribution is 7.89. The number of carbonyl (C=O) groups is 1. The van der Waals surface area contributed by atoms with Gasteiger partial charge in [-0.2, -0.15) is 9.40 Å². The van der Waals surface area contributed by atoms with Crippen LogP contribution in [0.4, 0.5) is 0 Å². The van der Waals surface area contributed by atoms with E-state index in [1.807, 2.05) is 20.9 Å². The summed E-state index contributed by atoms with van der Waals surface area (Å²) in [7, 11) is -1.98. The lowest BCUT2D eigenvalue weighted by molar-refractivity contribution is -0.127. The third-order valence-electron chi connectivity index (χ3n) is 5.02. The molecule has 1 fully saturated rings. The van der Waals surface area contributed by atoms with Crippen molar-refractivity contribution in [1.82, 2.24) is 19.0 Å². The fourth-order valence-corrected chi connectivity index (χ4v) is 5.81. The maximum absolute atomic E-state index is 12.9. The van der Waals surface area contributed by atoms with Crippen molar-refractivity contribution >= 4 is 45.2 Å². The van der Waals surface area contributed by atoms with Crippen LogP contribution >= 0.6 is 23.2 Å². The number of piperazine rings is 1. The van der Waals surface area contributed by atoms with E-state index in [-0.39, 0.29) is 47.0 Å². The molecule has 1 aliphatic heterocycles. The predicted molar refractivity (Wildman–Crippen MR) is 114 cm³/mol. The Bertz CT molecular complexity index is 1050. The first-order chi connectivity index (χ1) is 13.6. The second-order valence-electron chi connectivity index (χ2n) is 6.82. The molecule has 2 heterocycles. The topological polar surface area (TPSA) is 75.5 Å². The van der Waals surface area contributed by atoms with E-state index in [1.54, 1.807) is 21.7 Å². The summed E-state index contributed by atoms with van der Waals surface area (Å²) in [4.78, 5) is 14.1. The van der Waals surface area contributed by atoms with Crippen LogP contribution in [-0.2, 0) is 21.9 Å². The molecule has 1 aromatic heterocycles. The van der Waals surface area contributed by atoms with Gasteiger partial charge >= 0.3 is 0 Å². The first-order valence-electron chi connectivity index (χ1n) is 9.04. The van der Waals surface area contributed by atoms with E-state index >= 15 is 0 Å². The van der Waals surface area contributed by atoms with E-state index in [0.29, 0.717) is 0 Å². The number of amides is 1. The fourth-order valence-electron chi connectivity index (χ4n) is 3.30. The monoisotopic (exact) mass is 456 g/mol. The zero-order chi connectivity index (χ0) is 21.3. The van der Waals surface area contributed by atoms with Crippen molar-refractivity contribution < 1.29 is 13.2 Å². The van der Waals surface area contributed by atoms with E-state index in [0.717, 1.165) is 17.0 Å². The summed E-state index contributed by atoms with van der Waals surface area (Å²) in [5.41, 5.74) is 2.73. The van der Waals surface area contributed by atoms with Gasteiger partial charge in [0, 0.05) is 50.6 Å². The van der Waals surface area contributed by atoms with Crippen molar-refractivity contribution in [2.24, 2.45) is 7.05 Å². The van der Waals surface area contributed by atoms with Gasteiger partial charge in [0.15, 0.2) is 0 Å². The van der Waals surface area contributed by atoms with Crippen molar-refractivity contribution in [2.75, 3.05) is 26.2 Å². The Hall–Kier alpha value is -1.87. The minimum atomic E-state index is -3.83. The molecule has 3 rings (SSSR count). The van der Waals surface area contributed by atoms with E-state index in [1.165, 1.54) is 22.5 Å². The number of hydrogen-bond donors (Lipinski definition) is 0. The number of hydrogen-bond acceptors (Lipinski definition) is 4. The van der Waals surface area contributed by atoms with Crippen molar-refractivity contribution in [1.29, 1.82) is 0 Å². The molecule has 0 unspecified atom stereocenters. The maximum Gasteiger partial charge on any atom is 0.246 e. The van der Waals surface area contributed by atoms with Crippen LogP contribution in [0.5, 0.6) is 0 Å². The third-order valence-corrected chi connectivity index (χ3v) is 7.88. The third kappa shape index (κ3) is 4.35. The van der Waals surface area contributed by atoms with Crippen molar-refractivity contribution in [3.63, 3.8) is 0 Å². The normalized spacial score (nSPS) is 16.0. The van der Waals surface area contributed by atoms with Crippen LogP contribution in [0.2, 0.25) is 10.0 Å². The number of benzene rings is 1. The molecular formula is C19H22Cl2N4O3S. The summed E-state index contributed by atoms with van der Waals surface area (Å²) < 4.78 is 28.9. The molecule has 0 spiro atoms. The van der Waals surface area contributed by atoms with Crippen LogP contribution < -0.4 is 0 Å². The largest absolute Gasteiger partial charge is 0.337 e.